The molecule has 0 unspecified atom stereocenters. The summed E-state index contributed by atoms with van der Waals surface area (Å²) >= 11 is 0. The van der Waals surface area contributed by atoms with Gasteiger partial charge in [-0.3, -0.25) is 0 Å². The molecule has 0 spiro atoms. The van der Waals surface area contributed by atoms with Gasteiger partial charge in [-0.1, -0.05) is 23.4 Å². The van der Waals surface area contributed by atoms with Crippen molar-refractivity contribution in [3.05, 3.63) is 29.8 Å². The summed E-state index contributed by atoms with van der Waals surface area (Å²) < 4.78 is 70.9. The van der Waals surface area contributed by atoms with E-state index in [0.29, 0.717) is 6.54 Å². The number of sulfonamides is 1. The third kappa shape index (κ3) is 5.76. The fourth-order valence-electron chi connectivity index (χ4n) is 3.45. The van der Waals surface area contributed by atoms with E-state index in [-0.39, 0.29) is 29.4 Å². The van der Waals surface area contributed by atoms with Gasteiger partial charge in [0.15, 0.2) is 0 Å². The Morgan fingerprint density at radius 2 is 1.74 bits per heavy atom. The first-order valence-electron chi connectivity index (χ1n) is 10.1. The average molecular weight is 461 g/mol. The standard InChI is InChI=1S/C20H27F3N4O3S/c1-19(2,3)31(28,29)24-12-13-8-10-14(11-9-13)25-18-26-17(27-30-18)15-6-4-5-7-16(15)20(21,22)23/h4-7,13-14,24H,8-12H2,1-3H3,(H,25,26,27). The zero-order chi connectivity index (χ0) is 22.9. The smallest absolute Gasteiger partial charge is 0.335 e. The van der Waals surface area contributed by atoms with Crippen LogP contribution in [0.3, 0.4) is 0 Å². The monoisotopic (exact) mass is 460 g/mol. The van der Waals surface area contributed by atoms with E-state index in [1.54, 1.807) is 20.8 Å². The molecule has 0 amide bonds. The second-order valence-electron chi connectivity index (χ2n) is 8.79. The number of hydrogen-bond donors (Lipinski definition) is 2. The molecule has 1 heterocycles. The number of halogens is 3. The second-order valence-corrected chi connectivity index (χ2v) is 11.3. The molecule has 1 saturated carbocycles. The van der Waals surface area contributed by atoms with Crippen LogP contribution in [0.25, 0.3) is 11.4 Å². The summed E-state index contributed by atoms with van der Waals surface area (Å²) in [4.78, 5) is 4.08. The Balaban J connectivity index is 1.56. The molecule has 0 bridgehead atoms. The zero-order valence-corrected chi connectivity index (χ0v) is 18.5. The summed E-state index contributed by atoms with van der Waals surface area (Å²) in [6.07, 6.45) is -1.38. The molecule has 1 fully saturated rings. The summed E-state index contributed by atoms with van der Waals surface area (Å²) in [7, 11) is -3.38. The van der Waals surface area contributed by atoms with E-state index >= 15 is 0 Å². The first-order chi connectivity index (χ1) is 14.4. The summed E-state index contributed by atoms with van der Waals surface area (Å²) in [5.74, 6) is 0.104. The minimum absolute atomic E-state index is 0.0293. The molecule has 11 heteroatoms. The van der Waals surface area contributed by atoms with Crippen LogP contribution in [0.2, 0.25) is 0 Å². The average Bonchev–Trinajstić information content (AvgIpc) is 3.14. The van der Waals surface area contributed by atoms with E-state index in [2.05, 4.69) is 20.2 Å². The van der Waals surface area contributed by atoms with E-state index in [0.717, 1.165) is 31.7 Å². The maximum Gasteiger partial charge on any atom is 0.417 e. The molecule has 0 aliphatic heterocycles. The number of nitrogens with one attached hydrogen (secondary N) is 2. The Bertz CT molecular complexity index is 992. The van der Waals surface area contributed by atoms with Gasteiger partial charge in [0.2, 0.25) is 15.8 Å². The largest absolute Gasteiger partial charge is 0.417 e. The van der Waals surface area contributed by atoms with Crippen LogP contribution in [0.1, 0.15) is 52.0 Å². The van der Waals surface area contributed by atoms with Crippen molar-refractivity contribution in [3.8, 4) is 11.4 Å². The van der Waals surface area contributed by atoms with Gasteiger partial charge in [-0.05, 0) is 58.4 Å². The van der Waals surface area contributed by atoms with E-state index in [1.807, 2.05) is 0 Å². The lowest BCUT2D eigenvalue weighted by Gasteiger charge is -2.29. The molecule has 1 aromatic heterocycles. The van der Waals surface area contributed by atoms with Gasteiger partial charge < -0.3 is 9.84 Å². The fraction of sp³-hybridized carbons (Fsp3) is 0.600. The highest BCUT2D eigenvalue weighted by atomic mass is 32.2. The third-order valence-electron chi connectivity index (χ3n) is 5.44. The van der Waals surface area contributed by atoms with Gasteiger partial charge in [-0.15, -0.1) is 0 Å². The summed E-state index contributed by atoms with van der Waals surface area (Å²) in [6.45, 7) is 5.36. The van der Waals surface area contributed by atoms with Crippen LogP contribution in [-0.2, 0) is 16.2 Å². The van der Waals surface area contributed by atoms with Crippen molar-refractivity contribution in [2.75, 3.05) is 11.9 Å². The Labute approximate surface area is 179 Å². The first-order valence-corrected chi connectivity index (χ1v) is 11.6. The molecule has 1 aliphatic rings. The van der Waals surface area contributed by atoms with Crippen LogP contribution in [0.5, 0.6) is 0 Å². The lowest BCUT2D eigenvalue weighted by molar-refractivity contribution is -0.137. The molecule has 7 nitrogen and oxygen atoms in total. The Morgan fingerprint density at radius 3 is 2.35 bits per heavy atom. The molecule has 3 rings (SSSR count). The van der Waals surface area contributed by atoms with Crippen molar-refractivity contribution in [1.82, 2.24) is 14.9 Å². The van der Waals surface area contributed by atoms with Gasteiger partial charge in [0.25, 0.3) is 0 Å². The molecule has 1 aliphatic carbocycles. The molecular weight excluding hydrogens is 433 g/mol. The number of aromatic nitrogens is 2. The maximum absolute atomic E-state index is 13.2. The SMILES string of the molecule is CC(C)(C)S(=O)(=O)NCC1CCC(Nc2nc(-c3ccccc3C(F)(F)F)no2)CC1. The summed E-state index contributed by atoms with van der Waals surface area (Å²) in [6, 6.07) is 5.19. The van der Waals surface area contributed by atoms with Crippen LogP contribution >= 0.6 is 0 Å². The van der Waals surface area contributed by atoms with Crippen molar-refractivity contribution in [3.63, 3.8) is 0 Å². The molecule has 172 valence electrons. The zero-order valence-electron chi connectivity index (χ0n) is 17.7. The number of anilines is 1. The van der Waals surface area contributed by atoms with Crippen LogP contribution in [0.4, 0.5) is 19.2 Å². The highest BCUT2D eigenvalue weighted by Gasteiger charge is 2.35. The number of rotatable bonds is 6. The number of benzene rings is 1. The van der Waals surface area contributed by atoms with E-state index in [1.165, 1.54) is 18.2 Å². The van der Waals surface area contributed by atoms with Crippen LogP contribution < -0.4 is 10.0 Å². The first kappa shape index (κ1) is 23.5. The molecule has 0 atom stereocenters. The summed E-state index contributed by atoms with van der Waals surface area (Å²) in [5.41, 5.74) is -0.956. The molecule has 1 aromatic carbocycles. The Morgan fingerprint density at radius 1 is 1.10 bits per heavy atom. The van der Waals surface area contributed by atoms with Crippen molar-refractivity contribution in [2.24, 2.45) is 5.92 Å². The topological polar surface area (TPSA) is 97.1 Å². The van der Waals surface area contributed by atoms with Crippen LogP contribution in [0, 0.1) is 5.92 Å². The van der Waals surface area contributed by atoms with Crippen LogP contribution in [0.15, 0.2) is 28.8 Å². The lowest BCUT2D eigenvalue weighted by atomic mass is 9.86. The highest BCUT2D eigenvalue weighted by molar-refractivity contribution is 7.90. The predicted octanol–water partition coefficient (Wildman–Crippen LogP) is 4.44. The van der Waals surface area contributed by atoms with Crippen molar-refractivity contribution >= 4 is 16.0 Å². The molecular formula is C20H27F3N4O3S. The van der Waals surface area contributed by atoms with Gasteiger partial charge in [-0.2, -0.15) is 18.2 Å². The van der Waals surface area contributed by atoms with Crippen molar-refractivity contribution in [2.45, 2.75) is 63.4 Å². The third-order valence-corrected chi connectivity index (χ3v) is 7.60. The molecule has 0 saturated heterocycles. The Hall–Kier alpha value is -2.14. The minimum Gasteiger partial charge on any atom is -0.335 e. The van der Waals surface area contributed by atoms with Gasteiger partial charge in [-0.25, -0.2) is 13.1 Å². The van der Waals surface area contributed by atoms with Gasteiger partial charge in [0, 0.05) is 18.2 Å². The van der Waals surface area contributed by atoms with Crippen molar-refractivity contribution in [1.29, 1.82) is 0 Å². The predicted molar refractivity (Wildman–Crippen MR) is 111 cm³/mol. The van der Waals surface area contributed by atoms with E-state index in [9.17, 15) is 21.6 Å². The van der Waals surface area contributed by atoms with Gasteiger partial charge in [0.1, 0.15) is 0 Å². The van der Waals surface area contributed by atoms with Gasteiger partial charge in [0.05, 0.1) is 10.3 Å². The van der Waals surface area contributed by atoms with Gasteiger partial charge >= 0.3 is 12.2 Å². The number of nitrogens with zero attached hydrogens (tertiary/aromatic N) is 2. The maximum atomic E-state index is 13.2. The summed E-state index contributed by atoms with van der Waals surface area (Å²) in [5, 5.41) is 6.78. The number of hydrogen-bond acceptors (Lipinski definition) is 6. The molecule has 31 heavy (non-hydrogen) atoms. The molecule has 2 aromatic rings. The second kappa shape index (κ2) is 8.78. The normalized spacial score (nSPS) is 20.6. The quantitative estimate of drug-likeness (QED) is 0.661. The Kier molecular flexibility index (Phi) is 6.66. The molecule has 2 N–H and O–H groups in total. The van der Waals surface area contributed by atoms with Crippen molar-refractivity contribution < 1.29 is 26.1 Å². The fourth-order valence-corrected chi connectivity index (χ4v) is 4.33. The lowest BCUT2D eigenvalue weighted by Crippen LogP contribution is -2.42. The molecule has 0 radical (unpaired) electrons. The number of alkyl halides is 3. The highest BCUT2D eigenvalue weighted by Crippen LogP contribution is 2.36. The van der Waals surface area contributed by atoms with E-state index in [4.69, 9.17) is 4.52 Å². The van der Waals surface area contributed by atoms with Crippen LogP contribution in [-0.4, -0.2) is 35.9 Å². The minimum atomic E-state index is -4.52. The van der Waals surface area contributed by atoms with E-state index < -0.39 is 26.5 Å².